The summed E-state index contributed by atoms with van der Waals surface area (Å²) < 4.78 is 40.4. The summed E-state index contributed by atoms with van der Waals surface area (Å²) in [5, 5.41) is 7.50. The minimum absolute atomic E-state index is 0.0509. The molecule has 0 radical (unpaired) electrons. The Hall–Kier alpha value is -2.85. The lowest BCUT2D eigenvalue weighted by Crippen LogP contribution is -2.41. The highest BCUT2D eigenvalue weighted by Gasteiger charge is 2.52. The SMILES string of the molecule is Cc1c(Nc2nc(C(F)F)cc3cnn(C)c(=O)c23)cccc1B1OC(C)(C)C(C)(C)O1. The molecule has 0 amide bonds. The minimum Gasteiger partial charge on any atom is -0.399 e. The molecule has 1 aliphatic heterocycles. The Balaban J connectivity index is 1.80. The van der Waals surface area contributed by atoms with Crippen LogP contribution in [0.4, 0.5) is 20.3 Å². The highest BCUT2D eigenvalue weighted by atomic mass is 19.3. The Bertz CT molecular complexity index is 1240. The van der Waals surface area contributed by atoms with Crippen LogP contribution in [0.2, 0.25) is 0 Å². The highest BCUT2D eigenvalue weighted by molar-refractivity contribution is 6.62. The van der Waals surface area contributed by atoms with Crippen molar-refractivity contribution in [3.63, 3.8) is 0 Å². The zero-order chi connectivity index (χ0) is 23.4. The van der Waals surface area contributed by atoms with Crippen LogP contribution in [0.25, 0.3) is 10.8 Å². The van der Waals surface area contributed by atoms with Gasteiger partial charge in [-0.3, -0.25) is 4.79 Å². The van der Waals surface area contributed by atoms with Gasteiger partial charge in [0.25, 0.3) is 12.0 Å². The van der Waals surface area contributed by atoms with Crippen LogP contribution in [0.1, 0.15) is 45.4 Å². The molecule has 0 aliphatic carbocycles. The third-order valence-electron chi connectivity index (χ3n) is 6.31. The number of nitrogens with zero attached hydrogens (tertiary/aromatic N) is 3. The first-order valence-corrected chi connectivity index (χ1v) is 10.3. The van der Waals surface area contributed by atoms with Gasteiger partial charge in [-0.25, -0.2) is 18.4 Å². The van der Waals surface area contributed by atoms with Gasteiger partial charge in [0, 0.05) is 18.1 Å². The molecule has 10 heteroatoms. The van der Waals surface area contributed by atoms with Gasteiger partial charge in [-0.2, -0.15) is 5.10 Å². The summed E-state index contributed by atoms with van der Waals surface area (Å²) in [5.41, 5.74) is 0.336. The van der Waals surface area contributed by atoms with Crippen LogP contribution in [0.15, 0.2) is 35.3 Å². The molecule has 3 heterocycles. The van der Waals surface area contributed by atoms with E-state index in [0.29, 0.717) is 11.1 Å². The van der Waals surface area contributed by atoms with E-state index >= 15 is 0 Å². The average molecular weight is 442 g/mol. The zero-order valence-electron chi connectivity index (χ0n) is 18.9. The van der Waals surface area contributed by atoms with E-state index in [1.54, 1.807) is 6.07 Å². The Morgan fingerprint density at radius 1 is 1.16 bits per heavy atom. The third kappa shape index (κ3) is 3.67. The maximum atomic E-state index is 13.5. The molecule has 1 saturated heterocycles. The maximum absolute atomic E-state index is 13.5. The number of benzene rings is 1. The highest BCUT2D eigenvalue weighted by Crippen LogP contribution is 2.37. The van der Waals surface area contributed by atoms with Crippen molar-refractivity contribution in [3.05, 3.63) is 52.1 Å². The van der Waals surface area contributed by atoms with E-state index < -0.39 is 36.0 Å². The third-order valence-corrected chi connectivity index (χ3v) is 6.31. The van der Waals surface area contributed by atoms with E-state index in [2.05, 4.69) is 15.4 Å². The first-order valence-electron chi connectivity index (χ1n) is 10.3. The number of anilines is 2. The molecule has 1 aliphatic rings. The van der Waals surface area contributed by atoms with E-state index in [-0.39, 0.29) is 11.2 Å². The standard InChI is InChI=1S/C22H25BF2N4O3/c1-12-14(23-31-21(2,3)22(4,5)32-23)8-7-9-15(12)27-19-17-13(10-16(28-19)18(24)25)11-26-29(6)20(17)30/h7-11,18H,1-6H3,(H,27,28). The second-order valence-electron chi connectivity index (χ2n) is 8.97. The fourth-order valence-electron chi connectivity index (χ4n) is 3.62. The monoisotopic (exact) mass is 442 g/mol. The largest absolute Gasteiger partial charge is 0.495 e. The number of hydrogen-bond donors (Lipinski definition) is 1. The number of aryl methyl sites for hydroxylation is 1. The predicted molar refractivity (Wildman–Crippen MR) is 120 cm³/mol. The Morgan fingerprint density at radius 3 is 2.44 bits per heavy atom. The molecule has 32 heavy (non-hydrogen) atoms. The van der Waals surface area contributed by atoms with Crippen molar-refractivity contribution in [3.8, 4) is 0 Å². The summed E-state index contributed by atoms with van der Waals surface area (Å²) in [4.78, 5) is 16.8. The van der Waals surface area contributed by atoms with Crippen molar-refractivity contribution < 1.29 is 18.1 Å². The van der Waals surface area contributed by atoms with Crippen molar-refractivity contribution in [2.75, 3.05) is 5.32 Å². The fraction of sp³-hybridized carbons (Fsp3) is 0.409. The van der Waals surface area contributed by atoms with Crippen molar-refractivity contribution in [1.29, 1.82) is 0 Å². The molecule has 0 saturated carbocycles. The Morgan fingerprint density at radius 2 is 1.81 bits per heavy atom. The van der Waals surface area contributed by atoms with E-state index in [0.717, 1.165) is 15.7 Å². The summed E-state index contributed by atoms with van der Waals surface area (Å²) >= 11 is 0. The van der Waals surface area contributed by atoms with Gasteiger partial charge in [0.05, 0.1) is 22.8 Å². The van der Waals surface area contributed by atoms with Gasteiger partial charge in [0.1, 0.15) is 11.5 Å². The summed E-state index contributed by atoms with van der Waals surface area (Å²) in [7, 11) is 0.910. The topological polar surface area (TPSA) is 78.3 Å². The maximum Gasteiger partial charge on any atom is 0.495 e. The molecule has 0 spiro atoms. The lowest BCUT2D eigenvalue weighted by Gasteiger charge is -2.32. The molecule has 0 bridgehead atoms. The molecule has 7 nitrogen and oxygen atoms in total. The molecule has 0 atom stereocenters. The van der Waals surface area contributed by atoms with Crippen LogP contribution < -0.4 is 16.3 Å². The average Bonchev–Trinajstić information content (AvgIpc) is 2.93. The van der Waals surface area contributed by atoms with E-state index in [1.165, 1.54) is 19.3 Å². The van der Waals surface area contributed by atoms with E-state index in [1.807, 2.05) is 46.8 Å². The number of fused-ring (bicyclic) bond motifs is 1. The molecule has 168 valence electrons. The van der Waals surface area contributed by atoms with Gasteiger partial charge in [-0.1, -0.05) is 12.1 Å². The number of halogens is 2. The lowest BCUT2D eigenvalue weighted by atomic mass is 9.76. The Kier molecular flexibility index (Phi) is 5.33. The molecular formula is C22H25BF2N4O3. The van der Waals surface area contributed by atoms with E-state index in [4.69, 9.17) is 9.31 Å². The van der Waals surface area contributed by atoms with Crippen LogP contribution in [-0.4, -0.2) is 33.1 Å². The first kappa shape index (κ1) is 22.4. The molecule has 1 fully saturated rings. The van der Waals surface area contributed by atoms with Gasteiger partial charge < -0.3 is 14.6 Å². The molecule has 2 aromatic heterocycles. The number of alkyl halides is 2. The fourth-order valence-corrected chi connectivity index (χ4v) is 3.62. The van der Waals surface area contributed by atoms with Gasteiger partial charge in [-0.05, 0) is 57.8 Å². The number of hydrogen-bond acceptors (Lipinski definition) is 6. The molecule has 3 aromatic rings. The van der Waals surface area contributed by atoms with Crippen molar-refractivity contribution >= 4 is 34.9 Å². The van der Waals surface area contributed by atoms with E-state index in [9.17, 15) is 13.6 Å². The molecule has 1 N–H and O–H groups in total. The summed E-state index contributed by atoms with van der Waals surface area (Å²) in [5.74, 6) is 0.0509. The molecular weight excluding hydrogens is 417 g/mol. The van der Waals surface area contributed by atoms with Crippen LogP contribution in [0, 0.1) is 6.92 Å². The number of nitrogens with one attached hydrogen (secondary N) is 1. The predicted octanol–water partition coefficient (Wildman–Crippen LogP) is 3.62. The van der Waals surface area contributed by atoms with Crippen molar-refractivity contribution in [2.45, 2.75) is 52.2 Å². The summed E-state index contributed by atoms with van der Waals surface area (Å²) in [6.07, 6.45) is -1.41. The van der Waals surface area contributed by atoms with Crippen LogP contribution in [-0.2, 0) is 16.4 Å². The first-order chi connectivity index (χ1) is 14.9. The molecule has 1 aromatic carbocycles. The molecule has 4 rings (SSSR count). The number of pyridine rings is 1. The summed E-state index contributed by atoms with van der Waals surface area (Å²) in [6.45, 7) is 9.77. The number of aromatic nitrogens is 3. The van der Waals surface area contributed by atoms with Gasteiger partial charge >= 0.3 is 7.12 Å². The quantitative estimate of drug-likeness (QED) is 0.622. The second kappa shape index (κ2) is 7.63. The minimum atomic E-state index is -2.79. The lowest BCUT2D eigenvalue weighted by molar-refractivity contribution is 0.00578. The normalized spacial score (nSPS) is 17.3. The van der Waals surface area contributed by atoms with Crippen LogP contribution >= 0.6 is 0 Å². The van der Waals surface area contributed by atoms with Crippen molar-refractivity contribution in [1.82, 2.24) is 14.8 Å². The van der Waals surface area contributed by atoms with Gasteiger partial charge in [0.2, 0.25) is 0 Å². The summed E-state index contributed by atoms with van der Waals surface area (Å²) in [6, 6.07) is 6.69. The number of rotatable bonds is 4. The smallest absolute Gasteiger partial charge is 0.399 e. The van der Waals surface area contributed by atoms with Crippen LogP contribution in [0.3, 0.4) is 0 Å². The van der Waals surface area contributed by atoms with Gasteiger partial charge in [-0.15, -0.1) is 0 Å². The second-order valence-corrected chi connectivity index (χ2v) is 8.97. The Labute approximate surface area is 184 Å². The van der Waals surface area contributed by atoms with Crippen molar-refractivity contribution in [2.24, 2.45) is 7.05 Å². The van der Waals surface area contributed by atoms with Gasteiger partial charge in [0.15, 0.2) is 0 Å². The zero-order valence-corrected chi connectivity index (χ0v) is 18.9. The van der Waals surface area contributed by atoms with Crippen LogP contribution in [0.5, 0.6) is 0 Å². The molecule has 0 unspecified atom stereocenters.